The van der Waals surface area contributed by atoms with Gasteiger partial charge in [0.1, 0.15) is 16.7 Å². The molecule has 0 aliphatic heterocycles. The molecule has 5 aromatic rings. The Morgan fingerprint density at radius 3 is 2.78 bits per heavy atom. The summed E-state index contributed by atoms with van der Waals surface area (Å²) in [7, 11) is 0. The maximum absolute atomic E-state index is 12.9. The predicted molar refractivity (Wildman–Crippen MR) is 108 cm³/mol. The van der Waals surface area contributed by atoms with E-state index >= 15 is 0 Å². The van der Waals surface area contributed by atoms with Gasteiger partial charge in [-0.05, 0) is 23.6 Å². The molecule has 132 valence electrons. The van der Waals surface area contributed by atoms with Gasteiger partial charge in [0.15, 0.2) is 5.65 Å². The monoisotopic (exact) mass is 391 g/mol. The van der Waals surface area contributed by atoms with Crippen LogP contribution in [0, 0.1) is 0 Å². The maximum Gasteiger partial charge on any atom is 0.264 e. The molecule has 8 heteroatoms. The van der Waals surface area contributed by atoms with Crippen LogP contribution in [0.3, 0.4) is 0 Å². The van der Waals surface area contributed by atoms with Gasteiger partial charge in [-0.25, -0.2) is 14.6 Å². The highest BCUT2D eigenvalue weighted by Crippen LogP contribution is 2.25. The van der Waals surface area contributed by atoms with E-state index in [-0.39, 0.29) is 5.56 Å². The topological polar surface area (TPSA) is 65.6 Å². The maximum atomic E-state index is 12.9. The van der Waals surface area contributed by atoms with Crippen LogP contribution in [-0.2, 0) is 6.54 Å². The van der Waals surface area contributed by atoms with Gasteiger partial charge in [-0.15, -0.1) is 11.3 Å². The minimum Gasteiger partial charge on any atom is -0.292 e. The molecule has 0 unspecified atom stereocenters. The summed E-state index contributed by atoms with van der Waals surface area (Å²) in [5.74, 6) is 0. The second-order valence-corrected chi connectivity index (χ2v) is 7.60. The quantitative estimate of drug-likeness (QED) is 0.467. The zero-order valence-corrected chi connectivity index (χ0v) is 15.7. The summed E-state index contributed by atoms with van der Waals surface area (Å²) in [5, 5.41) is 11.9. The van der Waals surface area contributed by atoms with Crippen molar-refractivity contribution in [3.8, 4) is 16.3 Å². The molecule has 0 N–H and O–H groups in total. The molecule has 0 spiro atoms. The number of aromatic nitrogens is 5. The van der Waals surface area contributed by atoms with Gasteiger partial charge < -0.3 is 0 Å². The molecule has 0 radical (unpaired) electrons. The van der Waals surface area contributed by atoms with Gasteiger partial charge >= 0.3 is 0 Å². The molecule has 0 saturated heterocycles. The molecule has 0 fully saturated rings. The van der Waals surface area contributed by atoms with Crippen LogP contribution in [0.1, 0.15) is 5.69 Å². The van der Waals surface area contributed by atoms with E-state index in [0.29, 0.717) is 17.6 Å². The molecular weight excluding hydrogens is 378 g/mol. The molecule has 4 heterocycles. The van der Waals surface area contributed by atoms with Gasteiger partial charge in [-0.1, -0.05) is 18.2 Å². The lowest BCUT2D eigenvalue weighted by molar-refractivity contribution is 0.732. The van der Waals surface area contributed by atoms with E-state index in [2.05, 4.69) is 20.4 Å². The van der Waals surface area contributed by atoms with Gasteiger partial charge in [-0.3, -0.25) is 9.36 Å². The summed E-state index contributed by atoms with van der Waals surface area (Å²) in [6.45, 7) is 0.388. The van der Waals surface area contributed by atoms with E-state index in [9.17, 15) is 4.79 Å². The Hall–Kier alpha value is -3.10. The molecule has 0 aliphatic rings. The van der Waals surface area contributed by atoms with Crippen molar-refractivity contribution >= 4 is 33.7 Å². The second-order valence-electron chi connectivity index (χ2n) is 5.96. The molecule has 0 saturated carbocycles. The molecule has 5 rings (SSSR count). The standard InChI is InChI=1S/C19H13N5OS2/c25-19-16-8-21-24(15-4-2-1-3-5-15)17(16)20-12-23(19)9-14-11-27-18(22-14)13-6-7-26-10-13/h1-8,10-12H,9H2. The van der Waals surface area contributed by atoms with Crippen molar-refractivity contribution in [3.63, 3.8) is 0 Å². The molecule has 1 aromatic carbocycles. The van der Waals surface area contributed by atoms with Gasteiger partial charge in [-0.2, -0.15) is 16.4 Å². The summed E-state index contributed by atoms with van der Waals surface area (Å²) in [5.41, 5.74) is 3.27. The van der Waals surface area contributed by atoms with Crippen molar-refractivity contribution in [1.29, 1.82) is 0 Å². The van der Waals surface area contributed by atoms with Crippen LogP contribution in [0.5, 0.6) is 0 Å². The molecule has 27 heavy (non-hydrogen) atoms. The van der Waals surface area contributed by atoms with E-state index in [1.165, 1.54) is 0 Å². The van der Waals surface area contributed by atoms with Crippen LogP contribution >= 0.6 is 22.7 Å². The molecule has 6 nitrogen and oxygen atoms in total. The van der Waals surface area contributed by atoms with E-state index in [4.69, 9.17) is 0 Å². The van der Waals surface area contributed by atoms with Gasteiger partial charge in [0.25, 0.3) is 5.56 Å². The lowest BCUT2D eigenvalue weighted by atomic mass is 10.3. The third-order valence-electron chi connectivity index (χ3n) is 4.21. The summed E-state index contributed by atoms with van der Waals surface area (Å²) < 4.78 is 3.25. The highest BCUT2D eigenvalue weighted by molar-refractivity contribution is 7.14. The van der Waals surface area contributed by atoms with Gasteiger partial charge in [0, 0.05) is 16.3 Å². The average Bonchev–Trinajstić information content (AvgIpc) is 3.45. The van der Waals surface area contributed by atoms with E-state index in [0.717, 1.165) is 22.0 Å². The van der Waals surface area contributed by atoms with E-state index in [1.54, 1.807) is 44.4 Å². The Morgan fingerprint density at radius 2 is 1.96 bits per heavy atom. The number of rotatable bonds is 4. The Morgan fingerprint density at radius 1 is 1.07 bits per heavy atom. The van der Waals surface area contributed by atoms with Crippen molar-refractivity contribution in [1.82, 2.24) is 24.3 Å². The first-order chi connectivity index (χ1) is 13.3. The number of hydrogen-bond acceptors (Lipinski definition) is 6. The molecular formula is C19H13N5OS2. The van der Waals surface area contributed by atoms with Crippen molar-refractivity contribution in [3.05, 3.63) is 81.1 Å². The summed E-state index contributed by atoms with van der Waals surface area (Å²) >= 11 is 3.22. The predicted octanol–water partition coefficient (Wildman–Crippen LogP) is 3.82. The fourth-order valence-electron chi connectivity index (χ4n) is 2.89. The number of thiazole rings is 1. The average molecular weight is 391 g/mol. The van der Waals surface area contributed by atoms with E-state index < -0.39 is 0 Å². The number of thiophene rings is 1. The van der Waals surface area contributed by atoms with Crippen LogP contribution in [0.2, 0.25) is 0 Å². The normalized spacial score (nSPS) is 11.3. The zero-order chi connectivity index (χ0) is 18.2. The van der Waals surface area contributed by atoms with Crippen LogP contribution in [-0.4, -0.2) is 24.3 Å². The zero-order valence-electron chi connectivity index (χ0n) is 14.0. The second kappa shape index (κ2) is 6.57. The SMILES string of the molecule is O=c1c2cnn(-c3ccccc3)c2ncn1Cc1csc(-c2ccsc2)n1. The lowest BCUT2D eigenvalue weighted by Crippen LogP contribution is -2.21. The van der Waals surface area contributed by atoms with Crippen molar-refractivity contribution in [2.45, 2.75) is 6.54 Å². The van der Waals surface area contributed by atoms with Gasteiger partial charge in [0.2, 0.25) is 0 Å². The minimum absolute atomic E-state index is 0.118. The van der Waals surface area contributed by atoms with Gasteiger partial charge in [0.05, 0.1) is 24.1 Å². The summed E-state index contributed by atoms with van der Waals surface area (Å²) in [6.07, 6.45) is 3.14. The van der Waals surface area contributed by atoms with E-state index in [1.807, 2.05) is 47.2 Å². The highest BCUT2D eigenvalue weighted by Gasteiger charge is 2.13. The third-order valence-corrected chi connectivity index (χ3v) is 5.83. The van der Waals surface area contributed by atoms with Crippen molar-refractivity contribution < 1.29 is 0 Å². The third kappa shape index (κ3) is 2.88. The Bertz CT molecular complexity index is 1270. The molecule has 0 aliphatic carbocycles. The lowest BCUT2D eigenvalue weighted by Gasteiger charge is -2.05. The van der Waals surface area contributed by atoms with Crippen LogP contribution in [0.25, 0.3) is 27.3 Å². The summed E-state index contributed by atoms with van der Waals surface area (Å²) in [6, 6.07) is 11.7. The number of fused-ring (bicyclic) bond motifs is 1. The smallest absolute Gasteiger partial charge is 0.264 e. The van der Waals surface area contributed by atoms with Crippen molar-refractivity contribution in [2.24, 2.45) is 0 Å². The number of hydrogen-bond donors (Lipinski definition) is 0. The number of benzene rings is 1. The van der Waals surface area contributed by atoms with Crippen LogP contribution in [0.4, 0.5) is 0 Å². The summed E-state index contributed by atoms with van der Waals surface area (Å²) in [4.78, 5) is 22.0. The van der Waals surface area contributed by atoms with Crippen LogP contribution < -0.4 is 5.56 Å². The Labute approximate surface area is 162 Å². The Balaban J connectivity index is 1.50. The molecule has 4 aromatic heterocycles. The number of nitrogens with zero attached hydrogens (tertiary/aromatic N) is 5. The fraction of sp³-hybridized carbons (Fsp3) is 0.0526. The first-order valence-electron chi connectivity index (χ1n) is 8.25. The largest absolute Gasteiger partial charge is 0.292 e. The Kier molecular flexibility index (Phi) is 3.92. The number of para-hydroxylation sites is 1. The molecule has 0 bridgehead atoms. The first-order valence-corrected chi connectivity index (χ1v) is 10.1. The first kappa shape index (κ1) is 16.1. The van der Waals surface area contributed by atoms with Crippen LogP contribution in [0.15, 0.2) is 69.9 Å². The fourth-order valence-corrected chi connectivity index (χ4v) is 4.42. The molecule has 0 amide bonds. The highest BCUT2D eigenvalue weighted by atomic mass is 32.1. The van der Waals surface area contributed by atoms with Crippen molar-refractivity contribution in [2.75, 3.05) is 0 Å². The molecule has 0 atom stereocenters. The minimum atomic E-state index is -0.118.